The van der Waals surface area contributed by atoms with Crippen LogP contribution in [-0.4, -0.2) is 9.97 Å². The molecule has 0 unspecified atom stereocenters. The largest absolute Gasteiger partial charge is 0.242 e. The van der Waals surface area contributed by atoms with Gasteiger partial charge in [0.05, 0.1) is 5.69 Å². The third kappa shape index (κ3) is 3.16. The fraction of sp³-hybridized carbons (Fsp3) is 0.286. The molecule has 0 bridgehead atoms. The van der Waals surface area contributed by atoms with E-state index in [2.05, 4.69) is 35.1 Å². The summed E-state index contributed by atoms with van der Waals surface area (Å²) in [6, 6.07) is 10.2. The van der Waals surface area contributed by atoms with Gasteiger partial charge in [-0.3, -0.25) is 0 Å². The van der Waals surface area contributed by atoms with Crippen LogP contribution in [0.1, 0.15) is 25.2 Å². The van der Waals surface area contributed by atoms with E-state index in [4.69, 9.17) is 0 Å². The van der Waals surface area contributed by atoms with Gasteiger partial charge in [0.1, 0.15) is 5.82 Å². The molecule has 2 aromatic rings. The van der Waals surface area contributed by atoms with Crippen molar-refractivity contribution < 1.29 is 0 Å². The Morgan fingerprint density at radius 2 is 1.75 bits per heavy atom. The molecule has 0 saturated carbocycles. The van der Waals surface area contributed by atoms with Gasteiger partial charge in [0.2, 0.25) is 0 Å². The molecule has 16 heavy (non-hydrogen) atoms. The molecule has 2 heteroatoms. The summed E-state index contributed by atoms with van der Waals surface area (Å²) in [4.78, 5) is 8.45. The van der Waals surface area contributed by atoms with Gasteiger partial charge in [0, 0.05) is 11.8 Å². The van der Waals surface area contributed by atoms with E-state index >= 15 is 0 Å². The van der Waals surface area contributed by atoms with Crippen LogP contribution >= 0.6 is 0 Å². The quantitative estimate of drug-likeness (QED) is 0.721. The second-order valence-corrected chi connectivity index (χ2v) is 3.36. The smallest absolute Gasteiger partial charge is 0.125 e. The summed E-state index contributed by atoms with van der Waals surface area (Å²) in [6.45, 7) is 7.98. The first-order chi connectivity index (χ1) is 7.75. The van der Waals surface area contributed by atoms with Crippen molar-refractivity contribution in [2.45, 2.75) is 27.7 Å². The topological polar surface area (TPSA) is 25.8 Å². The second kappa shape index (κ2) is 6.01. The van der Waals surface area contributed by atoms with Gasteiger partial charge in [-0.25, -0.2) is 9.97 Å². The molecule has 0 saturated heterocycles. The maximum atomic E-state index is 4.37. The number of hydrogen-bond donors (Lipinski definition) is 0. The minimum atomic E-state index is 0.809. The second-order valence-electron chi connectivity index (χ2n) is 3.36. The van der Waals surface area contributed by atoms with Crippen molar-refractivity contribution in [3.63, 3.8) is 0 Å². The van der Waals surface area contributed by atoms with Crippen molar-refractivity contribution in [2.75, 3.05) is 0 Å². The molecule has 0 radical (unpaired) electrons. The highest BCUT2D eigenvalue weighted by molar-refractivity contribution is 5.59. The third-order valence-corrected chi connectivity index (χ3v) is 2.09. The van der Waals surface area contributed by atoms with Gasteiger partial charge in [-0.1, -0.05) is 37.6 Å². The Balaban J connectivity index is 0.000000606. The van der Waals surface area contributed by atoms with E-state index in [0.717, 1.165) is 17.1 Å². The van der Waals surface area contributed by atoms with E-state index < -0.39 is 0 Å². The summed E-state index contributed by atoms with van der Waals surface area (Å²) in [5, 5.41) is 0. The van der Waals surface area contributed by atoms with E-state index in [1.807, 2.05) is 32.9 Å². The van der Waals surface area contributed by atoms with Gasteiger partial charge in [-0.15, -0.1) is 0 Å². The standard InChI is InChI=1S/C12H12N2.C2H6/c1-9-4-3-5-11(8-9)12-6-7-13-10(2)14-12;1-2/h3-8H,1-2H3;1-2H3. The maximum absolute atomic E-state index is 4.37. The molecule has 0 aliphatic heterocycles. The number of nitrogens with zero attached hydrogens (tertiary/aromatic N) is 2. The molecular weight excluding hydrogens is 196 g/mol. The molecule has 0 atom stereocenters. The Hall–Kier alpha value is -1.70. The van der Waals surface area contributed by atoms with Gasteiger partial charge in [0.15, 0.2) is 0 Å². The molecule has 2 rings (SSSR count). The van der Waals surface area contributed by atoms with Crippen LogP contribution in [0.25, 0.3) is 11.3 Å². The van der Waals surface area contributed by atoms with E-state index in [-0.39, 0.29) is 0 Å². The van der Waals surface area contributed by atoms with Crippen molar-refractivity contribution in [1.29, 1.82) is 0 Å². The lowest BCUT2D eigenvalue weighted by Gasteiger charge is -2.01. The average molecular weight is 214 g/mol. The van der Waals surface area contributed by atoms with Gasteiger partial charge in [-0.05, 0) is 26.0 Å². The van der Waals surface area contributed by atoms with E-state index in [1.165, 1.54) is 5.56 Å². The first-order valence-corrected chi connectivity index (χ1v) is 5.62. The molecule has 1 aromatic carbocycles. The van der Waals surface area contributed by atoms with Crippen LogP contribution < -0.4 is 0 Å². The number of hydrogen-bond acceptors (Lipinski definition) is 2. The summed E-state index contributed by atoms with van der Waals surface area (Å²) in [5.74, 6) is 0.809. The SMILES string of the molecule is CC.Cc1cccc(-c2ccnc(C)n2)c1. The summed E-state index contributed by atoms with van der Waals surface area (Å²) >= 11 is 0. The van der Waals surface area contributed by atoms with Gasteiger partial charge in [-0.2, -0.15) is 0 Å². The van der Waals surface area contributed by atoms with Gasteiger partial charge in [0.25, 0.3) is 0 Å². The maximum Gasteiger partial charge on any atom is 0.125 e. The summed E-state index contributed by atoms with van der Waals surface area (Å²) < 4.78 is 0. The fourth-order valence-corrected chi connectivity index (χ4v) is 1.42. The molecule has 0 fully saturated rings. The monoisotopic (exact) mass is 214 g/mol. The predicted octanol–water partition coefficient (Wildman–Crippen LogP) is 3.79. The Kier molecular flexibility index (Phi) is 4.65. The first kappa shape index (κ1) is 12.4. The van der Waals surface area contributed by atoms with Crippen LogP contribution in [0.2, 0.25) is 0 Å². The lowest BCUT2D eigenvalue weighted by molar-refractivity contribution is 1.06. The van der Waals surface area contributed by atoms with Crippen LogP contribution in [0, 0.1) is 13.8 Å². The molecule has 0 spiro atoms. The molecule has 0 N–H and O–H groups in total. The normalized spacial score (nSPS) is 9.25. The van der Waals surface area contributed by atoms with E-state index in [1.54, 1.807) is 6.20 Å². The van der Waals surface area contributed by atoms with Crippen LogP contribution in [-0.2, 0) is 0 Å². The molecule has 1 aromatic heterocycles. The van der Waals surface area contributed by atoms with Crippen LogP contribution in [0.3, 0.4) is 0 Å². The zero-order valence-electron chi connectivity index (χ0n) is 10.4. The van der Waals surface area contributed by atoms with Gasteiger partial charge >= 0.3 is 0 Å². The van der Waals surface area contributed by atoms with Crippen molar-refractivity contribution in [2.24, 2.45) is 0 Å². The Morgan fingerprint density at radius 3 is 2.38 bits per heavy atom. The summed E-state index contributed by atoms with van der Waals surface area (Å²) in [5.41, 5.74) is 3.38. The van der Waals surface area contributed by atoms with E-state index in [0.29, 0.717) is 0 Å². The minimum absolute atomic E-state index is 0.809. The van der Waals surface area contributed by atoms with Crippen molar-refractivity contribution in [3.8, 4) is 11.3 Å². The predicted molar refractivity (Wildman–Crippen MR) is 68.3 cm³/mol. The fourth-order valence-electron chi connectivity index (χ4n) is 1.42. The molecule has 0 amide bonds. The molecule has 1 heterocycles. The average Bonchev–Trinajstić information content (AvgIpc) is 2.32. The zero-order valence-corrected chi connectivity index (χ0v) is 10.4. The highest BCUT2D eigenvalue weighted by atomic mass is 14.9. The van der Waals surface area contributed by atoms with Gasteiger partial charge < -0.3 is 0 Å². The molecular formula is C14H18N2. The lowest BCUT2D eigenvalue weighted by Crippen LogP contribution is -1.89. The van der Waals surface area contributed by atoms with Crippen molar-refractivity contribution in [3.05, 3.63) is 47.9 Å². The minimum Gasteiger partial charge on any atom is -0.242 e. The first-order valence-electron chi connectivity index (χ1n) is 5.62. The van der Waals surface area contributed by atoms with Crippen LogP contribution in [0.5, 0.6) is 0 Å². The molecule has 0 aliphatic rings. The molecule has 2 nitrogen and oxygen atoms in total. The number of aryl methyl sites for hydroxylation is 2. The van der Waals surface area contributed by atoms with Crippen molar-refractivity contribution >= 4 is 0 Å². The Bertz CT molecular complexity index is 406. The van der Waals surface area contributed by atoms with Crippen molar-refractivity contribution in [1.82, 2.24) is 9.97 Å². The highest BCUT2D eigenvalue weighted by Gasteiger charge is 1.98. The Morgan fingerprint density at radius 1 is 1.00 bits per heavy atom. The number of aromatic nitrogens is 2. The van der Waals surface area contributed by atoms with Crippen LogP contribution in [0.15, 0.2) is 36.5 Å². The highest BCUT2D eigenvalue weighted by Crippen LogP contribution is 2.17. The lowest BCUT2D eigenvalue weighted by atomic mass is 10.1. The number of benzene rings is 1. The number of rotatable bonds is 1. The Labute approximate surface area is 97.4 Å². The third-order valence-electron chi connectivity index (χ3n) is 2.09. The molecule has 84 valence electrons. The summed E-state index contributed by atoms with van der Waals surface area (Å²) in [7, 11) is 0. The van der Waals surface area contributed by atoms with Crippen LogP contribution in [0.4, 0.5) is 0 Å². The summed E-state index contributed by atoms with van der Waals surface area (Å²) in [6.07, 6.45) is 1.79. The zero-order chi connectivity index (χ0) is 12.0. The molecule has 0 aliphatic carbocycles. The van der Waals surface area contributed by atoms with E-state index in [9.17, 15) is 0 Å².